The van der Waals surface area contributed by atoms with Crippen LogP contribution in [0.4, 0.5) is 5.69 Å². The van der Waals surface area contributed by atoms with Crippen molar-refractivity contribution < 1.29 is 4.74 Å². The van der Waals surface area contributed by atoms with Crippen molar-refractivity contribution in [1.82, 2.24) is 5.32 Å². The molecule has 0 saturated carbocycles. The van der Waals surface area contributed by atoms with Gasteiger partial charge in [-0.1, -0.05) is 25.1 Å². The Hall–Kier alpha value is -1.06. The van der Waals surface area contributed by atoms with Crippen LogP contribution in [-0.2, 0) is 4.74 Å². The molecule has 1 saturated heterocycles. The summed E-state index contributed by atoms with van der Waals surface area (Å²) in [6.45, 7) is 6.47. The Kier molecular flexibility index (Phi) is 5.15. The van der Waals surface area contributed by atoms with Gasteiger partial charge in [-0.2, -0.15) is 0 Å². The number of benzene rings is 1. The summed E-state index contributed by atoms with van der Waals surface area (Å²) in [4.78, 5) is 2.54. The van der Waals surface area contributed by atoms with Gasteiger partial charge in [0.15, 0.2) is 0 Å². The lowest BCUT2D eigenvalue weighted by Gasteiger charge is -2.38. The molecule has 3 rings (SSSR count). The summed E-state index contributed by atoms with van der Waals surface area (Å²) in [5, 5.41) is 3.69. The second kappa shape index (κ2) is 7.28. The van der Waals surface area contributed by atoms with Crippen LogP contribution in [-0.4, -0.2) is 32.3 Å². The van der Waals surface area contributed by atoms with Gasteiger partial charge >= 0.3 is 0 Å². The summed E-state index contributed by atoms with van der Waals surface area (Å²) in [5.41, 5.74) is 2.87. The van der Waals surface area contributed by atoms with Crippen LogP contribution in [0.2, 0.25) is 0 Å². The highest BCUT2D eigenvalue weighted by Crippen LogP contribution is 2.34. The zero-order valence-corrected chi connectivity index (χ0v) is 13.2. The Morgan fingerprint density at radius 1 is 1.24 bits per heavy atom. The molecule has 1 aromatic rings. The molecule has 0 bridgehead atoms. The molecule has 1 fully saturated rings. The van der Waals surface area contributed by atoms with Crippen molar-refractivity contribution in [3.63, 3.8) is 0 Å². The number of nitrogens with zero attached hydrogens (tertiary/aromatic N) is 1. The summed E-state index contributed by atoms with van der Waals surface area (Å²) in [7, 11) is 0. The van der Waals surface area contributed by atoms with Crippen molar-refractivity contribution in [2.24, 2.45) is 0 Å². The highest BCUT2D eigenvalue weighted by atomic mass is 16.5. The van der Waals surface area contributed by atoms with Crippen molar-refractivity contribution in [2.75, 3.05) is 31.1 Å². The van der Waals surface area contributed by atoms with E-state index in [-0.39, 0.29) is 0 Å². The number of fused-ring (bicyclic) bond motifs is 1. The van der Waals surface area contributed by atoms with Gasteiger partial charge in [-0.3, -0.25) is 0 Å². The van der Waals surface area contributed by atoms with E-state index in [0.29, 0.717) is 12.1 Å². The summed E-state index contributed by atoms with van der Waals surface area (Å²) >= 11 is 0. The topological polar surface area (TPSA) is 24.5 Å². The highest BCUT2D eigenvalue weighted by molar-refractivity contribution is 5.57. The van der Waals surface area contributed by atoms with Crippen molar-refractivity contribution in [3.8, 4) is 0 Å². The fourth-order valence-corrected chi connectivity index (χ4v) is 3.55. The van der Waals surface area contributed by atoms with E-state index in [1.54, 1.807) is 0 Å². The predicted molar refractivity (Wildman–Crippen MR) is 87.9 cm³/mol. The van der Waals surface area contributed by atoms with Gasteiger partial charge in [0, 0.05) is 31.4 Å². The fraction of sp³-hybridized carbons (Fsp3) is 0.667. The molecular formula is C18H28N2O. The minimum atomic E-state index is 0.423. The molecule has 2 aliphatic rings. The maximum absolute atomic E-state index is 5.93. The molecule has 1 N–H and O–H groups in total. The van der Waals surface area contributed by atoms with Gasteiger partial charge in [0.1, 0.15) is 0 Å². The van der Waals surface area contributed by atoms with E-state index < -0.39 is 0 Å². The van der Waals surface area contributed by atoms with E-state index in [2.05, 4.69) is 41.4 Å². The molecule has 0 aromatic heterocycles. The second-order valence-electron chi connectivity index (χ2n) is 6.29. The first kappa shape index (κ1) is 14.9. The third-order valence-electron chi connectivity index (χ3n) is 4.68. The Bertz CT molecular complexity index is 443. The first-order valence-corrected chi connectivity index (χ1v) is 8.57. The molecule has 3 heteroatoms. The van der Waals surface area contributed by atoms with E-state index >= 15 is 0 Å². The lowest BCUT2D eigenvalue weighted by Crippen LogP contribution is -2.41. The van der Waals surface area contributed by atoms with Gasteiger partial charge in [0.25, 0.3) is 0 Å². The number of anilines is 1. The number of para-hydroxylation sites is 1. The minimum absolute atomic E-state index is 0.423. The summed E-state index contributed by atoms with van der Waals surface area (Å²) in [6, 6.07) is 9.41. The molecule has 2 atom stereocenters. The molecule has 3 nitrogen and oxygen atoms in total. The van der Waals surface area contributed by atoms with Crippen LogP contribution in [0.25, 0.3) is 0 Å². The zero-order valence-electron chi connectivity index (χ0n) is 13.2. The van der Waals surface area contributed by atoms with Gasteiger partial charge in [-0.15, -0.1) is 0 Å². The molecule has 0 aliphatic carbocycles. The molecule has 0 spiro atoms. The van der Waals surface area contributed by atoms with Crippen LogP contribution < -0.4 is 10.2 Å². The van der Waals surface area contributed by atoms with E-state index in [4.69, 9.17) is 4.74 Å². The standard InChI is InChI=1S/C18H28N2O/c1-2-11-19-17-10-12-20(14-15-7-5-6-13-21-15)18-9-4-3-8-16(17)18/h3-4,8-9,15,17,19H,2,5-7,10-14H2,1H3. The highest BCUT2D eigenvalue weighted by Gasteiger charge is 2.26. The monoisotopic (exact) mass is 288 g/mol. The lowest BCUT2D eigenvalue weighted by molar-refractivity contribution is 0.0207. The number of rotatable bonds is 5. The minimum Gasteiger partial charge on any atom is -0.376 e. The number of ether oxygens (including phenoxy) is 1. The van der Waals surface area contributed by atoms with Crippen molar-refractivity contribution >= 4 is 5.69 Å². The van der Waals surface area contributed by atoms with E-state index in [9.17, 15) is 0 Å². The smallest absolute Gasteiger partial charge is 0.0749 e. The normalized spacial score (nSPS) is 25.7. The lowest BCUT2D eigenvalue weighted by atomic mass is 9.95. The molecule has 1 aromatic carbocycles. The number of nitrogens with one attached hydrogen (secondary N) is 1. The molecule has 2 unspecified atom stereocenters. The van der Waals surface area contributed by atoms with Crippen molar-refractivity contribution in [2.45, 2.75) is 51.2 Å². The summed E-state index contributed by atoms with van der Waals surface area (Å²) < 4.78 is 5.93. The number of hydrogen-bond acceptors (Lipinski definition) is 3. The first-order valence-electron chi connectivity index (χ1n) is 8.57. The Morgan fingerprint density at radius 3 is 2.95 bits per heavy atom. The average molecular weight is 288 g/mol. The van der Waals surface area contributed by atoms with Gasteiger partial charge in [0.2, 0.25) is 0 Å². The SMILES string of the molecule is CCCNC1CCN(CC2CCCCO2)c2ccccc21. The largest absolute Gasteiger partial charge is 0.376 e. The van der Waals surface area contributed by atoms with Crippen LogP contribution in [0.1, 0.15) is 50.6 Å². The van der Waals surface area contributed by atoms with Gasteiger partial charge in [-0.05, 0) is 50.3 Å². The molecule has 116 valence electrons. The molecular weight excluding hydrogens is 260 g/mol. The molecule has 2 heterocycles. The average Bonchev–Trinajstić information content (AvgIpc) is 2.55. The Labute approximate surface area is 128 Å². The molecule has 0 radical (unpaired) electrons. The first-order chi connectivity index (χ1) is 10.4. The Balaban J connectivity index is 1.71. The van der Waals surface area contributed by atoms with Crippen molar-refractivity contribution in [1.29, 1.82) is 0 Å². The fourth-order valence-electron chi connectivity index (χ4n) is 3.55. The third-order valence-corrected chi connectivity index (χ3v) is 4.68. The van der Waals surface area contributed by atoms with Crippen molar-refractivity contribution in [3.05, 3.63) is 29.8 Å². The van der Waals surface area contributed by atoms with Crippen LogP contribution in [0, 0.1) is 0 Å². The predicted octanol–water partition coefficient (Wildman–Crippen LogP) is 3.51. The van der Waals surface area contributed by atoms with E-state index in [1.165, 1.54) is 43.4 Å². The van der Waals surface area contributed by atoms with Gasteiger partial charge < -0.3 is 15.0 Å². The second-order valence-corrected chi connectivity index (χ2v) is 6.29. The van der Waals surface area contributed by atoms with Gasteiger partial charge in [-0.25, -0.2) is 0 Å². The van der Waals surface area contributed by atoms with Crippen LogP contribution in [0.15, 0.2) is 24.3 Å². The molecule has 21 heavy (non-hydrogen) atoms. The van der Waals surface area contributed by atoms with Crippen LogP contribution >= 0.6 is 0 Å². The van der Waals surface area contributed by atoms with E-state index in [1.807, 2.05) is 0 Å². The molecule has 0 amide bonds. The van der Waals surface area contributed by atoms with E-state index in [0.717, 1.165) is 26.2 Å². The van der Waals surface area contributed by atoms with Gasteiger partial charge in [0.05, 0.1) is 6.10 Å². The number of hydrogen-bond donors (Lipinski definition) is 1. The third kappa shape index (κ3) is 3.58. The maximum atomic E-state index is 5.93. The maximum Gasteiger partial charge on any atom is 0.0749 e. The quantitative estimate of drug-likeness (QED) is 0.897. The summed E-state index contributed by atoms with van der Waals surface area (Å²) in [6.07, 6.45) is 6.58. The van der Waals surface area contributed by atoms with Crippen LogP contribution in [0.3, 0.4) is 0 Å². The van der Waals surface area contributed by atoms with Crippen LogP contribution in [0.5, 0.6) is 0 Å². The molecule has 2 aliphatic heterocycles. The Morgan fingerprint density at radius 2 is 2.14 bits per heavy atom. The zero-order chi connectivity index (χ0) is 14.5. The summed E-state index contributed by atoms with van der Waals surface area (Å²) in [5.74, 6) is 0.